The summed E-state index contributed by atoms with van der Waals surface area (Å²) in [5.41, 5.74) is -2.90. The molecule has 0 bridgehead atoms. The van der Waals surface area contributed by atoms with Crippen LogP contribution >= 0.6 is 11.6 Å². The van der Waals surface area contributed by atoms with E-state index in [-0.39, 0.29) is 24.5 Å². The quantitative estimate of drug-likeness (QED) is 0.889. The summed E-state index contributed by atoms with van der Waals surface area (Å²) < 4.78 is 44.9. The summed E-state index contributed by atoms with van der Waals surface area (Å²) in [5.74, 6) is -2.55. The van der Waals surface area contributed by atoms with Crippen LogP contribution in [0.5, 0.6) is 5.75 Å². The summed E-state index contributed by atoms with van der Waals surface area (Å²) in [5, 5.41) is 9.36. The lowest BCUT2D eigenvalue weighted by atomic mass is 9.86. The second-order valence-electron chi connectivity index (χ2n) is 5.44. The molecule has 1 fully saturated rings. The van der Waals surface area contributed by atoms with E-state index in [1.54, 1.807) is 6.92 Å². The zero-order valence-corrected chi connectivity index (χ0v) is 13.4. The number of likely N-dealkylation sites (tertiary alicyclic amines) is 1. The molecular weight excluding hydrogens is 351 g/mol. The van der Waals surface area contributed by atoms with Crippen LogP contribution in [-0.4, -0.2) is 47.8 Å². The molecule has 1 atom stereocenters. The molecule has 24 heavy (non-hydrogen) atoms. The van der Waals surface area contributed by atoms with Crippen molar-refractivity contribution in [1.29, 1.82) is 0 Å². The molecule has 9 heteroatoms. The molecule has 1 aliphatic rings. The predicted molar refractivity (Wildman–Crippen MR) is 79.3 cm³/mol. The maximum atomic E-state index is 13.2. The van der Waals surface area contributed by atoms with Crippen molar-refractivity contribution in [3.63, 3.8) is 0 Å². The first kappa shape index (κ1) is 18.4. The van der Waals surface area contributed by atoms with Gasteiger partial charge in [-0.05, 0) is 31.5 Å². The first-order chi connectivity index (χ1) is 11.1. The Labute approximate surface area is 141 Å². The molecule has 5 nitrogen and oxygen atoms in total. The molecule has 0 spiro atoms. The number of hydrogen-bond acceptors (Lipinski definition) is 3. The second kappa shape index (κ2) is 6.51. The number of carbonyl (C=O) groups is 2. The minimum absolute atomic E-state index is 0.0459. The summed E-state index contributed by atoms with van der Waals surface area (Å²) in [7, 11) is 0. The van der Waals surface area contributed by atoms with Gasteiger partial charge in [-0.25, -0.2) is 0 Å². The van der Waals surface area contributed by atoms with Gasteiger partial charge in [-0.2, -0.15) is 13.2 Å². The number of amides is 1. The van der Waals surface area contributed by atoms with Crippen LogP contribution in [0.15, 0.2) is 18.2 Å². The van der Waals surface area contributed by atoms with E-state index in [4.69, 9.17) is 21.4 Å². The van der Waals surface area contributed by atoms with E-state index in [9.17, 15) is 22.8 Å². The minimum atomic E-state index is -4.95. The SMILES string of the molecule is CCOc1cc(Cl)ccc1C(=O)N1CCC(C(=O)O)(C(F)(F)F)C1. The van der Waals surface area contributed by atoms with Gasteiger partial charge >= 0.3 is 12.1 Å². The lowest BCUT2D eigenvalue weighted by molar-refractivity contribution is -0.227. The van der Waals surface area contributed by atoms with Crippen LogP contribution in [0, 0.1) is 5.41 Å². The number of carboxylic acids is 1. The molecule has 0 aliphatic carbocycles. The van der Waals surface area contributed by atoms with Crippen LogP contribution in [0.1, 0.15) is 23.7 Å². The summed E-state index contributed by atoms with van der Waals surface area (Å²) >= 11 is 5.83. The van der Waals surface area contributed by atoms with Gasteiger partial charge < -0.3 is 14.7 Å². The van der Waals surface area contributed by atoms with Crippen molar-refractivity contribution in [2.45, 2.75) is 19.5 Å². The van der Waals surface area contributed by atoms with Gasteiger partial charge in [0.1, 0.15) is 5.75 Å². The Bertz CT molecular complexity index is 665. The Kier molecular flexibility index (Phi) is 4.98. The summed E-state index contributed by atoms with van der Waals surface area (Å²) in [6.45, 7) is 0.685. The van der Waals surface area contributed by atoms with Gasteiger partial charge in [0.05, 0.1) is 12.2 Å². The third-order valence-corrected chi connectivity index (χ3v) is 4.22. The molecular formula is C15H15ClF3NO4. The highest BCUT2D eigenvalue weighted by Crippen LogP contribution is 2.46. The van der Waals surface area contributed by atoms with Crippen molar-refractivity contribution < 1.29 is 32.6 Å². The van der Waals surface area contributed by atoms with Gasteiger partial charge in [-0.1, -0.05) is 11.6 Å². The molecule has 1 heterocycles. The number of nitrogens with zero attached hydrogens (tertiary/aromatic N) is 1. The Morgan fingerprint density at radius 3 is 2.58 bits per heavy atom. The van der Waals surface area contributed by atoms with Crippen molar-refractivity contribution in [3.05, 3.63) is 28.8 Å². The lowest BCUT2D eigenvalue weighted by Crippen LogP contribution is -2.47. The van der Waals surface area contributed by atoms with E-state index in [0.29, 0.717) is 5.02 Å². The molecule has 1 aromatic rings. The second-order valence-corrected chi connectivity index (χ2v) is 5.87. The van der Waals surface area contributed by atoms with Gasteiger partial charge in [0.2, 0.25) is 0 Å². The van der Waals surface area contributed by atoms with Crippen LogP contribution in [0.25, 0.3) is 0 Å². The van der Waals surface area contributed by atoms with Crippen molar-refractivity contribution >= 4 is 23.5 Å². The number of carbonyl (C=O) groups excluding carboxylic acids is 1. The van der Waals surface area contributed by atoms with Gasteiger partial charge in [0.25, 0.3) is 5.91 Å². The molecule has 1 aromatic carbocycles. The standard InChI is InChI=1S/C15H15ClF3NO4/c1-2-24-11-7-9(16)3-4-10(11)12(21)20-6-5-14(8-20,13(22)23)15(17,18)19/h3-4,7H,2,5-6,8H2,1H3,(H,22,23). The third-order valence-electron chi connectivity index (χ3n) is 3.98. The average molecular weight is 366 g/mol. The highest BCUT2D eigenvalue weighted by atomic mass is 35.5. The minimum Gasteiger partial charge on any atom is -0.493 e. The number of ether oxygens (including phenoxy) is 1. The van der Waals surface area contributed by atoms with Gasteiger partial charge in [0, 0.05) is 18.1 Å². The van der Waals surface area contributed by atoms with Crippen LogP contribution in [0.4, 0.5) is 13.2 Å². The van der Waals surface area contributed by atoms with Gasteiger partial charge in [0.15, 0.2) is 5.41 Å². The summed E-state index contributed by atoms with van der Waals surface area (Å²) in [6, 6.07) is 4.16. The number of hydrogen-bond donors (Lipinski definition) is 1. The summed E-state index contributed by atoms with van der Waals surface area (Å²) in [4.78, 5) is 24.6. The first-order valence-electron chi connectivity index (χ1n) is 7.14. The predicted octanol–water partition coefficient (Wildman–Crippen LogP) is 3.22. The van der Waals surface area contributed by atoms with E-state index in [1.807, 2.05) is 0 Å². The molecule has 132 valence electrons. The molecule has 0 saturated carbocycles. The topological polar surface area (TPSA) is 66.8 Å². The van der Waals surface area contributed by atoms with E-state index in [0.717, 1.165) is 4.90 Å². The van der Waals surface area contributed by atoms with E-state index < -0.39 is 36.4 Å². The molecule has 1 N–H and O–H groups in total. The van der Waals surface area contributed by atoms with Crippen molar-refractivity contribution in [2.24, 2.45) is 5.41 Å². The lowest BCUT2D eigenvalue weighted by Gasteiger charge is -2.27. The Morgan fingerprint density at radius 2 is 2.08 bits per heavy atom. The van der Waals surface area contributed by atoms with E-state index in [1.165, 1.54) is 18.2 Å². The van der Waals surface area contributed by atoms with Gasteiger partial charge in [-0.3, -0.25) is 9.59 Å². The molecule has 1 unspecified atom stereocenters. The fourth-order valence-electron chi connectivity index (χ4n) is 2.63. The molecule has 0 radical (unpaired) electrons. The van der Waals surface area contributed by atoms with Crippen LogP contribution in [-0.2, 0) is 4.79 Å². The van der Waals surface area contributed by atoms with Gasteiger partial charge in [-0.15, -0.1) is 0 Å². The fraction of sp³-hybridized carbons (Fsp3) is 0.467. The molecule has 1 saturated heterocycles. The largest absolute Gasteiger partial charge is 0.493 e. The normalized spacial score (nSPS) is 21.0. The molecule has 2 rings (SSSR count). The molecule has 0 aromatic heterocycles. The zero-order chi connectivity index (χ0) is 18.1. The highest BCUT2D eigenvalue weighted by Gasteiger charge is 2.64. The number of alkyl halides is 3. The van der Waals surface area contributed by atoms with Crippen LogP contribution < -0.4 is 4.74 Å². The van der Waals surface area contributed by atoms with E-state index >= 15 is 0 Å². The summed E-state index contributed by atoms with van der Waals surface area (Å²) in [6.07, 6.45) is -5.63. The van der Waals surface area contributed by atoms with Crippen molar-refractivity contribution in [1.82, 2.24) is 4.90 Å². The monoisotopic (exact) mass is 365 g/mol. The average Bonchev–Trinajstić information content (AvgIpc) is 2.93. The maximum Gasteiger partial charge on any atom is 0.406 e. The van der Waals surface area contributed by atoms with Crippen LogP contribution in [0.3, 0.4) is 0 Å². The zero-order valence-electron chi connectivity index (χ0n) is 12.7. The van der Waals surface area contributed by atoms with Crippen LogP contribution in [0.2, 0.25) is 5.02 Å². The third kappa shape index (κ3) is 3.15. The number of rotatable bonds is 4. The molecule has 1 aliphatic heterocycles. The van der Waals surface area contributed by atoms with Crippen molar-refractivity contribution in [3.8, 4) is 5.75 Å². The fourth-order valence-corrected chi connectivity index (χ4v) is 2.79. The Morgan fingerprint density at radius 1 is 1.42 bits per heavy atom. The maximum absolute atomic E-state index is 13.2. The Balaban J connectivity index is 2.31. The number of carboxylic acid groups (broad SMARTS) is 1. The number of benzene rings is 1. The smallest absolute Gasteiger partial charge is 0.406 e. The van der Waals surface area contributed by atoms with E-state index in [2.05, 4.69) is 0 Å². The molecule has 1 amide bonds. The Hall–Kier alpha value is -1.96. The van der Waals surface area contributed by atoms with Crippen molar-refractivity contribution in [2.75, 3.05) is 19.7 Å². The number of halogens is 4. The highest BCUT2D eigenvalue weighted by molar-refractivity contribution is 6.30. The first-order valence-corrected chi connectivity index (χ1v) is 7.52. The number of aliphatic carboxylic acids is 1.